The van der Waals surface area contributed by atoms with E-state index in [0.717, 1.165) is 13.0 Å². The fourth-order valence-electron chi connectivity index (χ4n) is 2.42. The molecule has 1 atom stereocenters. The van der Waals surface area contributed by atoms with Crippen LogP contribution in [0, 0.1) is 5.41 Å². The molecule has 0 fully saturated rings. The van der Waals surface area contributed by atoms with E-state index in [4.69, 9.17) is 0 Å². The Hall–Kier alpha value is -0.830. The molecule has 0 aliphatic carbocycles. The molecule has 1 aromatic carbocycles. The molecule has 25 heavy (non-hydrogen) atoms. The molecular formula is C18H32IN3O2S. The second-order valence-corrected chi connectivity index (χ2v) is 9.48. The third-order valence-electron chi connectivity index (χ3n) is 3.79. The maximum absolute atomic E-state index is 11.2. The van der Waals surface area contributed by atoms with Crippen molar-refractivity contribution in [3.8, 4) is 0 Å². The Labute approximate surface area is 170 Å². The van der Waals surface area contributed by atoms with Gasteiger partial charge >= 0.3 is 0 Å². The minimum atomic E-state index is -2.93. The zero-order valence-corrected chi connectivity index (χ0v) is 19.0. The summed E-state index contributed by atoms with van der Waals surface area (Å²) in [5.74, 6) is 0.884. The Bertz CT molecular complexity index is 631. The molecular weight excluding hydrogens is 449 g/mol. The van der Waals surface area contributed by atoms with Gasteiger partial charge in [-0.2, -0.15) is 0 Å². The summed E-state index contributed by atoms with van der Waals surface area (Å²) in [6.45, 7) is 7.17. The molecule has 1 aromatic rings. The van der Waals surface area contributed by atoms with Crippen LogP contribution < -0.4 is 10.6 Å². The summed E-state index contributed by atoms with van der Waals surface area (Å²) < 4.78 is 22.5. The number of hydrogen-bond donors (Lipinski definition) is 2. The van der Waals surface area contributed by atoms with Crippen molar-refractivity contribution in [2.75, 3.05) is 25.6 Å². The average Bonchev–Trinajstić information content (AvgIpc) is 2.49. The third-order valence-corrected chi connectivity index (χ3v) is 4.77. The number of nitrogens with zero attached hydrogens (tertiary/aromatic N) is 1. The molecule has 0 aromatic heterocycles. The lowest BCUT2D eigenvalue weighted by Gasteiger charge is -2.27. The van der Waals surface area contributed by atoms with Gasteiger partial charge in [-0.1, -0.05) is 44.2 Å². The van der Waals surface area contributed by atoms with Crippen LogP contribution in [0.25, 0.3) is 0 Å². The van der Waals surface area contributed by atoms with Gasteiger partial charge in [-0.05, 0) is 30.7 Å². The maximum atomic E-state index is 11.2. The Morgan fingerprint density at radius 1 is 1.24 bits per heavy atom. The van der Waals surface area contributed by atoms with Gasteiger partial charge in [-0.25, -0.2) is 8.42 Å². The number of halogens is 1. The van der Waals surface area contributed by atoms with Crippen LogP contribution in [0.15, 0.2) is 35.3 Å². The zero-order valence-electron chi connectivity index (χ0n) is 15.9. The van der Waals surface area contributed by atoms with Crippen molar-refractivity contribution < 1.29 is 8.42 Å². The van der Waals surface area contributed by atoms with Gasteiger partial charge in [0.05, 0.1) is 5.75 Å². The van der Waals surface area contributed by atoms with E-state index in [1.807, 2.05) is 13.0 Å². The molecule has 0 bridgehead atoms. The van der Waals surface area contributed by atoms with Crippen LogP contribution in [0.2, 0.25) is 0 Å². The average molecular weight is 481 g/mol. The molecule has 5 nitrogen and oxygen atoms in total. The summed E-state index contributed by atoms with van der Waals surface area (Å²) >= 11 is 0. The summed E-state index contributed by atoms with van der Waals surface area (Å²) in [6.07, 6.45) is 2.80. The first-order valence-corrected chi connectivity index (χ1v) is 10.4. The van der Waals surface area contributed by atoms with Crippen LogP contribution in [-0.2, 0) is 16.3 Å². The van der Waals surface area contributed by atoms with Gasteiger partial charge in [-0.15, -0.1) is 24.0 Å². The molecule has 0 radical (unpaired) electrons. The lowest BCUT2D eigenvalue weighted by atomic mass is 9.86. The zero-order chi connectivity index (χ0) is 18.2. The van der Waals surface area contributed by atoms with Gasteiger partial charge in [0.2, 0.25) is 0 Å². The molecule has 0 aliphatic rings. The topological polar surface area (TPSA) is 70.6 Å². The van der Waals surface area contributed by atoms with Crippen LogP contribution in [0.1, 0.15) is 32.8 Å². The van der Waals surface area contributed by atoms with Crippen LogP contribution in [0.5, 0.6) is 0 Å². The van der Waals surface area contributed by atoms with Gasteiger partial charge in [0.15, 0.2) is 5.96 Å². The predicted molar refractivity (Wildman–Crippen MR) is 118 cm³/mol. The highest BCUT2D eigenvalue weighted by Crippen LogP contribution is 2.20. The van der Waals surface area contributed by atoms with E-state index in [1.54, 1.807) is 7.05 Å². The summed E-state index contributed by atoms with van der Waals surface area (Å²) in [5, 5.41) is 6.60. The van der Waals surface area contributed by atoms with Gasteiger partial charge in [-0.3, -0.25) is 4.99 Å². The molecule has 7 heteroatoms. The maximum Gasteiger partial charge on any atom is 0.191 e. The highest BCUT2D eigenvalue weighted by molar-refractivity contribution is 14.0. The van der Waals surface area contributed by atoms with Crippen molar-refractivity contribution in [3.05, 3.63) is 35.9 Å². The monoisotopic (exact) mass is 481 g/mol. The fraction of sp³-hybridized carbons (Fsp3) is 0.611. The standard InChI is InChI=1S/C18H31N3O2S.HI/c1-15(11-12-24(5,22)23)21-17(19-4)20-14-18(2,3)13-16-9-7-6-8-10-16;/h6-10,15H,11-14H2,1-5H3,(H2,19,20,21);1H. The van der Waals surface area contributed by atoms with Crippen molar-refractivity contribution in [2.24, 2.45) is 10.4 Å². The molecule has 0 heterocycles. The minimum absolute atomic E-state index is 0. The SMILES string of the molecule is CN=C(NCC(C)(C)Cc1ccccc1)NC(C)CCS(C)(=O)=O.I. The van der Waals surface area contributed by atoms with Crippen molar-refractivity contribution in [2.45, 2.75) is 39.7 Å². The van der Waals surface area contributed by atoms with Crippen LogP contribution in [0.3, 0.4) is 0 Å². The van der Waals surface area contributed by atoms with Crippen molar-refractivity contribution in [1.29, 1.82) is 0 Å². The first-order valence-electron chi connectivity index (χ1n) is 8.30. The molecule has 0 spiro atoms. The number of sulfone groups is 1. The summed E-state index contributed by atoms with van der Waals surface area (Å²) in [7, 11) is -1.21. The molecule has 1 unspecified atom stereocenters. The van der Waals surface area contributed by atoms with E-state index in [2.05, 4.69) is 53.7 Å². The molecule has 2 N–H and O–H groups in total. The largest absolute Gasteiger partial charge is 0.356 e. The molecule has 1 rings (SSSR count). The number of guanidine groups is 1. The van der Waals surface area contributed by atoms with E-state index < -0.39 is 9.84 Å². The number of nitrogens with one attached hydrogen (secondary N) is 2. The highest BCUT2D eigenvalue weighted by Gasteiger charge is 2.19. The Morgan fingerprint density at radius 2 is 1.84 bits per heavy atom. The minimum Gasteiger partial charge on any atom is -0.356 e. The predicted octanol–water partition coefficient (Wildman–Crippen LogP) is 2.86. The Kier molecular flexibility index (Phi) is 10.6. The lowest BCUT2D eigenvalue weighted by Crippen LogP contribution is -2.46. The van der Waals surface area contributed by atoms with E-state index in [0.29, 0.717) is 12.4 Å². The lowest BCUT2D eigenvalue weighted by molar-refractivity contribution is 0.358. The Balaban J connectivity index is 0.00000576. The fourth-order valence-corrected chi connectivity index (χ4v) is 3.21. The summed E-state index contributed by atoms with van der Waals surface area (Å²) in [5.41, 5.74) is 1.39. The van der Waals surface area contributed by atoms with Gasteiger partial charge in [0.25, 0.3) is 0 Å². The second kappa shape index (κ2) is 11.0. The molecule has 144 valence electrons. The number of aliphatic imine (C=N–C) groups is 1. The van der Waals surface area contributed by atoms with Gasteiger partial charge in [0.1, 0.15) is 9.84 Å². The van der Waals surface area contributed by atoms with E-state index >= 15 is 0 Å². The van der Waals surface area contributed by atoms with Crippen LogP contribution >= 0.6 is 24.0 Å². The smallest absolute Gasteiger partial charge is 0.191 e. The van der Waals surface area contributed by atoms with Crippen LogP contribution in [0.4, 0.5) is 0 Å². The van der Waals surface area contributed by atoms with Crippen molar-refractivity contribution >= 4 is 39.8 Å². The quantitative estimate of drug-likeness (QED) is 0.341. The van der Waals surface area contributed by atoms with Crippen molar-refractivity contribution in [1.82, 2.24) is 10.6 Å². The second-order valence-electron chi connectivity index (χ2n) is 7.22. The first kappa shape index (κ1) is 24.2. The molecule has 0 saturated heterocycles. The number of benzene rings is 1. The van der Waals surface area contributed by atoms with E-state index in [9.17, 15) is 8.42 Å². The third kappa shape index (κ3) is 11.4. The summed E-state index contributed by atoms with van der Waals surface area (Å²) in [4.78, 5) is 4.23. The van der Waals surface area contributed by atoms with Crippen LogP contribution in [-0.4, -0.2) is 46.0 Å². The number of rotatable bonds is 8. The van der Waals surface area contributed by atoms with Gasteiger partial charge in [0, 0.05) is 25.9 Å². The first-order chi connectivity index (χ1) is 11.1. The van der Waals surface area contributed by atoms with Gasteiger partial charge < -0.3 is 10.6 Å². The van der Waals surface area contributed by atoms with Crippen molar-refractivity contribution in [3.63, 3.8) is 0 Å². The summed E-state index contributed by atoms with van der Waals surface area (Å²) in [6, 6.07) is 10.5. The van der Waals surface area contributed by atoms with E-state index in [-0.39, 0.29) is 41.2 Å². The highest BCUT2D eigenvalue weighted by atomic mass is 127. The normalized spacial score (nSPS) is 13.7. The molecule has 0 amide bonds. The Morgan fingerprint density at radius 3 is 2.36 bits per heavy atom. The molecule has 0 saturated carbocycles. The number of hydrogen-bond acceptors (Lipinski definition) is 3. The van der Waals surface area contributed by atoms with E-state index in [1.165, 1.54) is 11.8 Å². The molecule has 0 aliphatic heterocycles.